The van der Waals surface area contributed by atoms with Crippen molar-refractivity contribution in [2.24, 2.45) is 0 Å². The van der Waals surface area contributed by atoms with Gasteiger partial charge in [-0.05, 0) is 6.42 Å². The minimum Gasteiger partial charge on any atom is -0.480 e. The van der Waals surface area contributed by atoms with Crippen molar-refractivity contribution in [3.8, 4) is 0 Å². The molecular formula is C10H17N3O5S. The van der Waals surface area contributed by atoms with Gasteiger partial charge in [-0.1, -0.05) is 0 Å². The van der Waals surface area contributed by atoms with Gasteiger partial charge < -0.3 is 14.8 Å². The highest BCUT2D eigenvalue weighted by Gasteiger charge is 2.24. The van der Waals surface area contributed by atoms with E-state index < -0.39 is 22.0 Å². The molecule has 1 atom stereocenters. The first-order chi connectivity index (χ1) is 8.94. The van der Waals surface area contributed by atoms with E-state index in [2.05, 4.69) is 14.7 Å². The predicted octanol–water partition coefficient (Wildman–Crippen LogP) is -0.639. The molecule has 1 rings (SSSR count). The number of imidazole rings is 1. The van der Waals surface area contributed by atoms with Gasteiger partial charge >= 0.3 is 5.97 Å². The van der Waals surface area contributed by atoms with Crippen molar-refractivity contribution in [2.75, 3.05) is 19.5 Å². The Morgan fingerprint density at radius 2 is 2.37 bits per heavy atom. The third-order valence-electron chi connectivity index (χ3n) is 2.36. The molecule has 9 heteroatoms. The second-order valence-electron chi connectivity index (χ2n) is 3.95. The van der Waals surface area contributed by atoms with Crippen molar-refractivity contribution in [3.63, 3.8) is 0 Å². The summed E-state index contributed by atoms with van der Waals surface area (Å²) in [7, 11) is -2.18. The molecule has 0 amide bonds. The molecule has 19 heavy (non-hydrogen) atoms. The van der Waals surface area contributed by atoms with Crippen molar-refractivity contribution in [3.05, 3.63) is 18.2 Å². The van der Waals surface area contributed by atoms with Crippen molar-refractivity contribution < 1.29 is 23.1 Å². The average molecular weight is 291 g/mol. The standard InChI is InChI=1S/C10H17N3O5S/c1-18-3-2-4-19(16,17)13-9(10(14)15)5-8-6-11-7-12-8/h6-7,9,13H,2-5H2,1H3,(H,11,12)(H,14,15)/t9-/m0/s1. The minimum atomic E-state index is -3.65. The van der Waals surface area contributed by atoms with Gasteiger partial charge in [-0.2, -0.15) is 0 Å². The Kier molecular flexibility index (Phi) is 5.93. The molecule has 0 aliphatic rings. The number of carboxylic acid groups (broad SMARTS) is 1. The Morgan fingerprint density at radius 1 is 1.63 bits per heavy atom. The third-order valence-corrected chi connectivity index (χ3v) is 3.83. The van der Waals surface area contributed by atoms with Crippen LogP contribution in [0.1, 0.15) is 12.1 Å². The van der Waals surface area contributed by atoms with Crippen LogP contribution in [0.25, 0.3) is 0 Å². The summed E-state index contributed by atoms with van der Waals surface area (Å²) in [4.78, 5) is 17.5. The quantitative estimate of drug-likeness (QED) is 0.520. The highest BCUT2D eigenvalue weighted by atomic mass is 32.2. The summed E-state index contributed by atoms with van der Waals surface area (Å²) in [6.45, 7) is 0.305. The van der Waals surface area contributed by atoms with E-state index in [0.29, 0.717) is 18.7 Å². The monoisotopic (exact) mass is 291 g/mol. The van der Waals surface area contributed by atoms with Crippen LogP contribution in [-0.2, 0) is 26.0 Å². The number of carboxylic acids is 1. The number of nitrogens with zero attached hydrogens (tertiary/aromatic N) is 1. The molecule has 0 aliphatic carbocycles. The van der Waals surface area contributed by atoms with Crippen LogP contribution < -0.4 is 4.72 Å². The number of aliphatic carboxylic acids is 1. The lowest BCUT2D eigenvalue weighted by atomic mass is 10.2. The number of ether oxygens (including phenoxy) is 1. The number of aromatic amines is 1. The highest BCUT2D eigenvalue weighted by molar-refractivity contribution is 7.89. The molecule has 0 fully saturated rings. The number of aromatic nitrogens is 2. The van der Waals surface area contributed by atoms with Gasteiger partial charge in [-0.3, -0.25) is 4.79 Å². The van der Waals surface area contributed by atoms with Gasteiger partial charge in [-0.25, -0.2) is 18.1 Å². The molecule has 108 valence electrons. The van der Waals surface area contributed by atoms with Crippen molar-refractivity contribution in [1.82, 2.24) is 14.7 Å². The molecule has 0 spiro atoms. The maximum absolute atomic E-state index is 11.7. The Labute approximate surface area is 111 Å². The predicted molar refractivity (Wildman–Crippen MR) is 67.1 cm³/mol. The first-order valence-corrected chi connectivity index (χ1v) is 7.29. The molecule has 1 heterocycles. The van der Waals surface area contributed by atoms with Gasteiger partial charge in [0.25, 0.3) is 0 Å². The molecule has 8 nitrogen and oxygen atoms in total. The van der Waals surface area contributed by atoms with Gasteiger partial charge in [0.2, 0.25) is 10.0 Å². The number of nitrogens with one attached hydrogen (secondary N) is 2. The first kappa shape index (κ1) is 15.6. The zero-order chi connectivity index (χ0) is 14.3. The number of carbonyl (C=O) groups is 1. The second kappa shape index (κ2) is 7.22. The number of methoxy groups -OCH3 is 1. The summed E-state index contributed by atoms with van der Waals surface area (Å²) in [5, 5.41) is 9.02. The van der Waals surface area contributed by atoms with Gasteiger partial charge in [0.15, 0.2) is 0 Å². The molecule has 0 saturated heterocycles. The molecule has 0 bridgehead atoms. The molecular weight excluding hydrogens is 274 g/mol. The van der Waals surface area contributed by atoms with Gasteiger partial charge in [0, 0.05) is 32.0 Å². The Morgan fingerprint density at radius 3 is 2.89 bits per heavy atom. The van der Waals surface area contributed by atoms with E-state index in [0.717, 1.165) is 0 Å². The number of rotatable bonds is 9. The smallest absolute Gasteiger partial charge is 0.322 e. The van der Waals surface area contributed by atoms with Crippen LogP contribution in [0.15, 0.2) is 12.5 Å². The van der Waals surface area contributed by atoms with Crippen LogP contribution in [0.5, 0.6) is 0 Å². The fourth-order valence-corrected chi connectivity index (χ4v) is 2.70. The van der Waals surface area contributed by atoms with E-state index in [-0.39, 0.29) is 12.2 Å². The number of hydrogen-bond acceptors (Lipinski definition) is 5. The number of sulfonamides is 1. The van der Waals surface area contributed by atoms with E-state index in [1.165, 1.54) is 19.6 Å². The molecule has 1 aromatic heterocycles. The fourth-order valence-electron chi connectivity index (χ4n) is 1.46. The van der Waals surface area contributed by atoms with Crippen LogP contribution >= 0.6 is 0 Å². The number of hydrogen-bond donors (Lipinski definition) is 3. The fraction of sp³-hybridized carbons (Fsp3) is 0.600. The third kappa shape index (κ3) is 5.81. The van der Waals surface area contributed by atoms with Crippen molar-refractivity contribution in [1.29, 1.82) is 0 Å². The van der Waals surface area contributed by atoms with Crippen LogP contribution in [0.2, 0.25) is 0 Å². The van der Waals surface area contributed by atoms with Crippen molar-refractivity contribution in [2.45, 2.75) is 18.9 Å². The minimum absolute atomic E-state index is 0.0127. The first-order valence-electron chi connectivity index (χ1n) is 5.63. The summed E-state index contributed by atoms with van der Waals surface area (Å²) in [5.41, 5.74) is 0.548. The van der Waals surface area contributed by atoms with Gasteiger partial charge in [-0.15, -0.1) is 0 Å². The Bertz CT molecular complexity index is 485. The zero-order valence-electron chi connectivity index (χ0n) is 10.5. The normalized spacial score (nSPS) is 13.3. The summed E-state index contributed by atoms with van der Waals surface area (Å²) in [6.07, 6.45) is 3.18. The van der Waals surface area contributed by atoms with Crippen LogP contribution in [0.4, 0.5) is 0 Å². The van der Waals surface area contributed by atoms with E-state index >= 15 is 0 Å². The molecule has 1 aromatic rings. The van der Waals surface area contributed by atoms with E-state index in [1.807, 2.05) is 0 Å². The Hall–Kier alpha value is -1.45. The molecule has 3 N–H and O–H groups in total. The van der Waals surface area contributed by atoms with Crippen LogP contribution in [0, 0.1) is 0 Å². The number of H-pyrrole nitrogens is 1. The molecule has 0 aromatic carbocycles. The Balaban J connectivity index is 2.60. The summed E-state index contributed by atoms with van der Waals surface area (Å²) in [6, 6.07) is -1.21. The molecule has 0 saturated carbocycles. The SMILES string of the molecule is COCCCS(=O)(=O)N[C@@H](Cc1cnc[nH]1)C(=O)O. The summed E-state index contributed by atoms with van der Waals surface area (Å²) >= 11 is 0. The largest absolute Gasteiger partial charge is 0.480 e. The van der Waals surface area contributed by atoms with Crippen LogP contribution in [-0.4, -0.2) is 55.0 Å². The topological polar surface area (TPSA) is 121 Å². The van der Waals surface area contributed by atoms with Crippen LogP contribution in [0.3, 0.4) is 0 Å². The highest BCUT2D eigenvalue weighted by Crippen LogP contribution is 2.02. The lowest BCUT2D eigenvalue weighted by molar-refractivity contribution is -0.138. The van der Waals surface area contributed by atoms with Gasteiger partial charge in [0.05, 0.1) is 12.1 Å². The van der Waals surface area contributed by atoms with E-state index in [4.69, 9.17) is 9.84 Å². The molecule has 0 aliphatic heterocycles. The molecule has 0 radical (unpaired) electrons. The lowest BCUT2D eigenvalue weighted by Crippen LogP contribution is -2.43. The van der Waals surface area contributed by atoms with Crippen molar-refractivity contribution >= 4 is 16.0 Å². The maximum Gasteiger partial charge on any atom is 0.322 e. The molecule has 0 unspecified atom stereocenters. The maximum atomic E-state index is 11.7. The lowest BCUT2D eigenvalue weighted by Gasteiger charge is -2.13. The second-order valence-corrected chi connectivity index (χ2v) is 5.83. The average Bonchev–Trinajstić information content (AvgIpc) is 2.80. The summed E-state index contributed by atoms with van der Waals surface area (Å²) in [5.74, 6) is -1.40. The van der Waals surface area contributed by atoms with E-state index in [1.54, 1.807) is 0 Å². The van der Waals surface area contributed by atoms with Gasteiger partial charge in [0.1, 0.15) is 6.04 Å². The zero-order valence-corrected chi connectivity index (χ0v) is 11.3. The summed E-state index contributed by atoms with van der Waals surface area (Å²) < 4.78 is 30.3. The van der Waals surface area contributed by atoms with E-state index in [9.17, 15) is 13.2 Å².